The fraction of sp³-hybridized carbons (Fsp3) is 1.00. The fourth-order valence-corrected chi connectivity index (χ4v) is 1.31. The Morgan fingerprint density at radius 3 is 0.346 bits per heavy atom. The van der Waals surface area contributed by atoms with Crippen molar-refractivity contribution in [2.45, 2.75) is 276 Å². The average Bonchev–Trinajstić information content (AvgIpc) is 1.02. The van der Waals surface area contributed by atoms with Crippen LogP contribution in [0.3, 0.4) is 0 Å². The summed E-state index contributed by atoms with van der Waals surface area (Å²) in [6.45, 7) is 87.5. The van der Waals surface area contributed by atoms with Gasteiger partial charge in [-0.2, -0.15) is 163 Å². The molecule has 0 aliphatic heterocycles. The second-order valence-corrected chi connectivity index (χ2v) is 30.2. The molecule has 0 amide bonds. The van der Waals surface area contributed by atoms with E-state index in [1.165, 1.54) is 230 Å². The van der Waals surface area contributed by atoms with E-state index in [2.05, 4.69) is 215 Å². The van der Waals surface area contributed by atoms with Gasteiger partial charge < -0.3 is 63.8 Å². The number of hydrogen-bond donors (Lipinski definition) is 0. The van der Waals surface area contributed by atoms with Gasteiger partial charge in [0.05, 0.1) is 0 Å². The van der Waals surface area contributed by atoms with Gasteiger partial charge in [0.15, 0.2) is 0 Å². The first-order valence-corrected chi connectivity index (χ1v) is 49.6. The molecule has 0 spiro atoms. The van der Waals surface area contributed by atoms with Gasteiger partial charge in [0.1, 0.15) is 0 Å². The van der Waals surface area contributed by atoms with Crippen LogP contribution in [0.25, 0.3) is 63.8 Å². The van der Waals surface area contributed by atoms with Gasteiger partial charge in [0, 0.05) is 0 Å². The molecule has 0 unspecified atom stereocenters. The Hall–Kier alpha value is 6.00. The van der Waals surface area contributed by atoms with Gasteiger partial charge in [-0.1, -0.05) is 83.1 Å². The van der Waals surface area contributed by atoms with E-state index in [0.717, 1.165) is 124 Å². The molecule has 0 aromatic carbocycles. The van der Waals surface area contributed by atoms with Crippen LogP contribution in [0.5, 0.6) is 0 Å². The number of hydrogen-bond acceptors (Lipinski definition) is 12. The zero-order chi connectivity index (χ0) is 91.6. The molecule has 0 saturated heterocycles. The molecule has 36 heteroatoms. The van der Waals surface area contributed by atoms with Crippen molar-refractivity contribution in [3.05, 3.63) is 63.8 Å². The Morgan fingerprint density at radius 2 is 0.346 bits per heavy atom. The summed E-state index contributed by atoms with van der Waals surface area (Å²) in [7, 11) is 21.2. The molecule has 0 bridgehead atoms. The smallest absolute Gasteiger partial charge is 0.162 e. The van der Waals surface area contributed by atoms with E-state index in [4.69, 9.17) is 0 Å². The van der Waals surface area contributed by atoms with Crippen molar-refractivity contribution in [2.24, 2.45) is 40.1 Å². The first-order chi connectivity index (χ1) is 49.8. The summed E-state index contributed by atoms with van der Waals surface area (Å²) in [5, 5.41) is 44.8. The van der Waals surface area contributed by atoms with Gasteiger partial charge in [-0.3, -0.25) is 0 Å². The predicted molar refractivity (Wildman–Crippen MR) is 444 cm³/mol. The molecule has 0 heterocycles. The third-order valence-electron chi connectivity index (χ3n) is 6.40. The van der Waals surface area contributed by atoms with E-state index in [1.54, 1.807) is 105 Å². The van der Waals surface area contributed by atoms with E-state index in [9.17, 15) is 0 Å². The van der Waals surface area contributed by atoms with Crippen LogP contribution in [0.15, 0.2) is 40.1 Å². The maximum absolute atomic E-state index is 4.19. The Bertz CT molecular complexity index is 1180. The van der Waals surface area contributed by atoms with Gasteiger partial charge >= 0.3 is 523 Å². The summed E-state index contributed by atoms with van der Waals surface area (Å²) < 4.78 is 47.2. The standard InChI is InChI=1S/C5H11N.3C4H9N.4C4H10N.4C3H8N.2C3H7N.4C2H6N.6C2H5N.9Nb.3Ta/c1-4-5(2,3)6;3*1-4(2,3)5;4*1-3-5-4-2;4*1-3-4-2;2*1-3(2)4;4*1-3-2;6*1-2-3;;;;;;;;;;;;/h4H2,1-3H3;3*1-3H3;4*3-4H2,1-2H3;4*3H2,1-2H3;2*3H,1-2H3;4*1-2H3;6*2H2,1H3;;;;;;;;;;;;/q;;;;8*-1;;;4*-1;;;;;;;;;;;;;;;;;;. The van der Waals surface area contributed by atoms with Crippen LogP contribution >= 0.6 is 0 Å². The van der Waals surface area contributed by atoms with Crippen LogP contribution in [0.4, 0.5) is 0 Å². The van der Waals surface area contributed by atoms with Crippen LogP contribution in [0.2, 0.25) is 0 Å². The van der Waals surface area contributed by atoms with E-state index in [-0.39, 0.29) is 22.2 Å². The normalized spacial score (nSPS) is 8.07. The van der Waals surface area contributed by atoms with Gasteiger partial charge in [0.25, 0.3) is 0 Å². The van der Waals surface area contributed by atoms with Gasteiger partial charge in [-0.25, -0.2) is 0 Å². The zero-order valence-electron chi connectivity index (χ0n) is 78.7. The Labute approximate surface area is 821 Å². The zero-order valence-corrected chi connectivity index (χ0v) is 108. The van der Waals surface area contributed by atoms with E-state index < -0.39 is 0 Å². The predicted octanol–water partition coefficient (Wildman–Crippen LogP) is 25.2. The van der Waals surface area contributed by atoms with Gasteiger partial charge in [0.2, 0.25) is 0 Å². The molecule has 0 aliphatic carbocycles. The van der Waals surface area contributed by atoms with Crippen LogP contribution < -0.4 is 0 Å². The van der Waals surface area contributed by atoms with Crippen molar-refractivity contribution in [1.29, 1.82) is 0 Å². The van der Waals surface area contributed by atoms with Crippen molar-refractivity contribution >= 4 is 0 Å². The third-order valence-corrected chi connectivity index (χ3v) is 19.6. The first kappa shape index (κ1) is 179. The number of nitrogens with zero attached hydrogens (tertiary/aromatic N) is 24. The largest absolute Gasteiger partial charge is 0.668 e. The van der Waals surface area contributed by atoms with E-state index in [1.807, 2.05) is 125 Å². The van der Waals surface area contributed by atoms with E-state index in [0.29, 0.717) is 12.1 Å². The summed E-state index contributed by atoms with van der Waals surface area (Å²) in [6, 6.07) is 1.06. The van der Waals surface area contributed by atoms with Crippen molar-refractivity contribution in [1.82, 2.24) is 0 Å². The first-order valence-electron chi connectivity index (χ1n) is 36.5. The maximum atomic E-state index is 4.19. The summed E-state index contributed by atoms with van der Waals surface area (Å²) >= 11 is 17.3. The molecular weight excluding hydrogens is 2570 g/mol. The van der Waals surface area contributed by atoms with Crippen molar-refractivity contribution in [2.75, 3.05) is 202 Å². The fourth-order valence-electron chi connectivity index (χ4n) is 0.965. The molecule has 0 saturated carbocycles. The minimum Gasteiger partial charge on any atom is -0.668 e. The minimum atomic E-state index is 0.189. The molecule has 0 N–H and O–H groups in total. The SMILES string of the molecule is CC(C)(C)[N]=[Nb].CC(C)(C)[N]=[Nb].CC(C)(C)[N]=[Nb].CC(C)[N]=[Nb].CC(C)[N]=[Nb].CCC(C)(C)[N]=[Nb].CC[N-]C.CC[N-]C.CC[N-]C.CC[N-]C.CC[N-]CC.CC[N-]CC.CC[N-]CC.CC[N-]CC.CC[N]=[Nb].CC[N]=[Nb].CC[N]=[Nb].CC[N]=[Ta].CC[N]=[Ta].CC[N]=[Ta].C[N-]C.C[N-]C.C[N-]C.C[N-]C. The minimum absolute atomic E-state index is 0.189. The maximum Gasteiger partial charge on any atom is -0.162 e. The molecule has 0 rings (SSSR count). The second-order valence-electron chi connectivity index (χ2n) is 22.0. The quantitative estimate of drug-likeness (QED) is 0.0913. The second kappa shape index (κ2) is 221. The van der Waals surface area contributed by atoms with Crippen molar-refractivity contribution in [3.8, 4) is 0 Å². The molecular formula is C71H178N24Nb9Ta3-12. The van der Waals surface area contributed by atoms with E-state index >= 15 is 0 Å². The third kappa shape index (κ3) is 733. The monoisotopic (exact) mass is 2750 g/mol. The molecule has 654 valence electrons. The number of rotatable bonds is 22. The summed E-state index contributed by atoms with van der Waals surface area (Å²) in [4.78, 5) is 0. The average molecular weight is 2750 g/mol. The topological polar surface area (TPSA) is 318 Å². The van der Waals surface area contributed by atoms with Gasteiger partial charge in [-0.15, -0.1) is 0 Å². The molecule has 107 heavy (non-hydrogen) atoms. The molecule has 0 radical (unpaired) electrons. The summed E-state index contributed by atoms with van der Waals surface area (Å²) in [6.07, 6.45) is 1.14. The molecule has 24 nitrogen and oxygen atoms in total. The van der Waals surface area contributed by atoms with Crippen molar-refractivity contribution < 1.29 is 251 Å². The van der Waals surface area contributed by atoms with Crippen LogP contribution in [0, 0.1) is 0 Å². The molecule has 0 atom stereocenters. The van der Waals surface area contributed by atoms with Crippen LogP contribution in [-0.2, 0) is 251 Å². The Balaban J connectivity index is -0.0000000306. The summed E-state index contributed by atoms with van der Waals surface area (Å²) in [5.74, 6) is 0. The summed E-state index contributed by atoms with van der Waals surface area (Å²) in [5.41, 5.74) is 0.797. The Kier molecular flexibility index (Phi) is 370. The molecule has 0 aromatic rings. The van der Waals surface area contributed by atoms with Crippen molar-refractivity contribution in [3.63, 3.8) is 0 Å². The molecule has 0 aromatic heterocycles. The van der Waals surface area contributed by atoms with Gasteiger partial charge in [-0.05, 0) is 0 Å². The Morgan fingerprint density at radius 1 is 0.252 bits per heavy atom. The molecule has 0 fully saturated rings. The molecule has 0 aliphatic rings. The van der Waals surface area contributed by atoms with Crippen LogP contribution in [0.1, 0.15) is 242 Å². The van der Waals surface area contributed by atoms with Crippen LogP contribution in [-0.4, -0.2) is 237 Å².